The molecule has 0 unspecified atom stereocenters. The fraction of sp³-hybridized carbons (Fsp3) is 0.353. The molecule has 0 aliphatic carbocycles. The first-order valence-electron chi connectivity index (χ1n) is 7.29. The van der Waals surface area contributed by atoms with E-state index in [4.69, 9.17) is 4.74 Å². The van der Waals surface area contributed by atoms with Gasteiger partial charge in [0.1, 0.15) is 17.4 Å². The van der Waals surface area contributed by atoms with Gasteiger partial charge in [0, 0.05) is 0 Å². The lowest BCUT2D eigenvalue weighted by Crippen LogP contribution is -2.05. The van der Waals surface area contributed by atoms with Crippen LogP contribution in [0.5, 0.6) is 11.6 Å². The molecule has 0 saturated carbocycles. The van der Waals surface area contributed by atoms with Crippen LogP contribution in [0, 0.1) is 11.3 Å². The van der Waals surface area contributed by atoms with E-state index in [0.717, 1.165) is 41.8 Å². The molecule has 0 N–H and O–H groups in total. The molecule has 2 rings (SSSR count). The lowest BCUT2D eigenvalue weighted by molar-refractivity contribution is 0.446. The minimum Gasteiger partial charge on any atom is -0.436 e. The summed E-state index contributed by atoms with van der Waals surface area (Å²) in [5.41, 5.74) is 3.38. The lowest BCUT2D eigenvalue weighted by atomic mass is 10.0. The highest BCUT2D eigenvalue weighted by Gasteiger charge is 2.16. The van der Waals surface area contributed by atoms with Gasteiger partial charge < -0.3 is 4.74 Å². The fourth-order valence-electron chi connectivity index (χ4n) is 2.34. The summed E-state index contributed by atoms with van der Waals surface area (Å²) in [5, 5.41) is 17.8. The standard InChI is InChI=1S/C17H19N3O/c1-4-12-9-7-8-10-16(12)21-17-14(11-18)13(5-2)15(6-3)19-20-17/h7-10H,4-6H2,1-3H3. The van der Waals surface area contributed by atoms with Crippen molar-refractivity contribution in [2.75, 3.05) is 0 Å². The van der Waals surface area contributed by atoms with Gasteiger partial charge in [-0.3, -0.25) is 0 Å². The molecule has 0 aliphatic heterocycles. The highest BCUT2D eigenvalue weighted by Crippen LogP contribution is 2.28. The van der Waals surface area contributed by atoms with Crippen molar-refractivity contribution in [1.82, 2.24) is 10.2 Å². The maximum Gasteiger partial charge on any atom is 0.257 e. The molecule has 1 aromatic carbocycles. The van der Waals surface area contributed by atoms with E-state index in [1.165, 1.54) is 0 Å². The molecule has 0 bridgehead atoms. The van der Waals surface area contributed by atoms with E-state index in [9.17, 15) is 5.26 Å². The summed E-state index contributed by atoms with van der Waals surface area (Å²) in [4.78, 5) is 0. The smallest absolute Gasteiger partial charge is 0.257 e. The molecule has 2 aromatic rings. The summed E-state index contributed by atoms with van der Waals surface area (Å²) in [5.74, 6) is 1.03. The van der Waals surface area contributed by atoms with Gasteiger partial charge in [0.25, 0.3) is 5.88 Å². The third kappa shape index (κ3) is 3.03. The van der Waals surface area contributed by atoms with Crippen LogP contribution < -0.4 is 4.74 Å². The fourth-order valence-corrected chi connectivity index (χ4v) is 2.34. The van der Waals surface area contributed by atoms with Gasteiger partial charge in [-0.05, 0) is 36.5 Å². The summed E-state index contributed by atoms with van der Waals surface area (Å²) in [6.07, 6.45) is 2.36. The van der Waals surface area contributed by atoms with E-state index in [-0.39, 0.29) is 0 Å². The second-order valence-electron chi connectivity index (χ2n) is 4.69. The molecule has 1 heterocycles. The zero-order valence-electron chi connectivity index (χ0n) is 12.7. The zero-order chi connectivity index (χ0) is 15.2. The second-order valence-corrected chi connectivity index (χ2v) is 4.69. The van der Waals surface area contributed by atoms with E-state index in [2.05, 4.69) is 23.2 Å². The summed E-state index contributed by atoms with van der Waals surface area (Å²) in [6, 6.07) is 10.0. The van der Waals surface area contributed by atoms with E-state index in [1.54, 1.807) is 0 Å². The van der Waals surface area contributed by atoms with Gasteiger partial charge in [-0.1, -0.05) is 39.0 Å². The Hall–Kier alpha value is -2.41. The van der Waals surface area contributed by atoms with Crippen LogP contribution in [-0.2, 0) is 19.3 Å². The van der Waals surface area contributed by atoms with Crippen molar-refractivity contribution in [2.45, 2.75) is 40.0 Å². The van der Waals surface area contributed by atoms with Crippen molar-refractivity contribution in [3.05, 3.63) is 46.6 Å². The van der Waals surface area contributed by atoms with Crippen molar-refractivity contribution in [2.24, 2.45) is 0 Å². The Labute approximate surface area is 125 Å². The molecule has 4 heteroatoms. The number of benzene rings is 1. The highest BCUT2D eigenvalue weighted by molar-refractivity contribution is 5.48. The third-order valence-electron chi connectivity index (χ3n) is 3.49. The summed E-state index contributed by atoms with van der Waals surface area (Å²) >= 11 is 0. The SMILES string of the molecule is CCc1ccccc1Oc1nnc(CC)c(CC)c1C#N. The monoisotopic (exact) mass is 281 g/mol. The van der Waals surface area contributed by atoms with Crippen LogP contribution in [0.25, 0.3) is 0 Å². The number of para-hydroxylation sites is 1. The first-order valence-corrected chi connectivity index (χ1v) is 7.29. The van der Waals surface area contributed by atoms with Crippen molar-refractivity contribution in [1.29, 1.82) is 5.26 Å². The number of nitrogens with zero attached hydrogens (tertiary/aromatic N) is 3. The molecule has 108 valence electrons. The van der Waals surface area contributed by atoms with Crippen LogP contribution in [-0.4, -0.2) is 10.2 Å². The normalized spacial score (nSPS) is 10.2. The van der Waals surface area contributed by atoms with Gasteiger partial charge in [0.05, 0.1) is 5.69 Å². The topological polar surface area (TPSA) is 58.8 Å². The molecule has 0 amide bonds. The minimum atomic E-state index is 0.299. The summed E-state index contributed by atoms with van der Waals surface area (Å²) < 4.78 is 5.87. The van der Waals surface area contributed by atoms with E-state index in [0.29, 0.717) is 11.4 Å². The predicted molar refractivity (Wildman–Crippen MR) is 81.4 cm³/mol. The zero-order valence-corrected chi connectivity index (χ0v) is 12.7. The number of aryl methyl sites for hydroxylation is 2. The van der Waals surface area contributed by atoms with E-state index < -0.39 is 0 Å². The molecule has 0 aliphatic rings. The first-order chi connectivity index (χ1) is 10.2. The lowest BCUT2D eigenvalue weighted by Gasteiger charge is -2.13. The van der Waals surface area contributed by atoms with Crippen LogP contribution in [0.2, 0.25) is 0 Å². The largest absolute Gasteiger partial charge is 0.436 e. The van der Waals surface area contributed by atoms with Crippen LogP contribution in [0.1, 0.15) is 43.2 Å². The van der Waals surface area contributed by atoms with Crippen molar-refractivity contribution in [3.63, 3.8) is 0 Å². The van der Waals surface area contributed by atoms with Crippen LogP contribution in [0.4, 0.5) is 0 Å². The molecule has 0 spiro atoms. The van der Waals surface area contributed by atoms with E-state index >= 15 is 0 Å². The van der Waals surface area contributed by atoms with Crippen molar-refractivity contribution >= 4 is 0 Å². The quantitative estimate of drug-likeness (QED) is 0.835. The number of ether oxygens (including phenoxy) is 1. The van der Waals surface area contributed by atoms with Crippen LogP contribution in [0.3, 0.4) is 0 Å². The molecule has 0 fully saturated rings. The Morgan fingerprint density at radius 2 is 1.81 bits per heavy atom. The molecular weight excluding hydrogens is 262 g/mol. The summed E-state index contributed by atoms with van der Waals surface area (Å²) in [7, 11) is 0. The minimum absolute atomic E-state index is 0.299. The Balaban J connectivity index is 2.48. The maximum atomic E-state index is 9.46. The van der Waals surface area contributed by atoms with Crippen molar-refractivity contribution < 1.29 is 4.74 Å². The Morgan fingerprint density at radius 1 is 1.05 bits per heavy atom. The Bertz CT molecular complexity index is 674. The predicted octanol–water partition coefficient (Wildman–Crippen LogP) is 3.83. The number of rotatable bonds is 5. The molecule has 0 radical (unpaired) electrons. The van der Waals surface area contributed by atoms with E-state index in [1.807, 2.05) is 38.1 Å². The second kappa shape index (κ2) is 6.85. The number of hydrogen-bond donors (Lipinski definition) is 0. The Kier molecular flexibility index (Phi) is 4.89. The average Bonchev–Trinajstić information content (AvgIpc) is 2.54. The highest BCUT2D eigenvalue weighted by atomic mass is 16.5. The maximum absolute atomic E-state index is 9.46. The first kappa shape index (κ1) is 15.0. The summed E-state index contributed by atoms with van der Waals surface area (Å²) in [6.45, 7) is 6.09. The van der Waals surface area contributed by atoms with Crippen molar-refractivity contribution in [3.8, 4) is 17.7 Å². The van der Waals surface area contributed by atoms with Crippen LogP contribution in [0.15, 0.2) is 24.3 Å². The van der Waals surface area contributed by atoms with Gasteiger partial charge >= 0.3 is 0 Å². The van der Waals surface area contributed by atoms with Crippen LogP contribution >= 0.6 is 0 Å². The average molecular weight is 281 g/mol. The Morgan fingerprint density at radius 3 is 2.43 bits per heavy atom. The van der Waals surface area contributed by atoms with Gasteiger partial charge in [-0.25, -0.2) is 0 Å². The molecule has 0 atom stereocenters. The van der Waals surface area contributed by atoms with Gasteiger partial charge in [0.2, 0.25) is 0 Å². The van der Waals surface area contributed by atoms with Gasteiger partial charge in [-0.2, -0.15) is 10.4 Å². The van der Waals surface area contributed by atoms with Gasteiger partial charge in [0.15, 0.2) is 0 Å². The molecular formula is C17H19N3O. The molecule has 1 aromatic heterocycles. The molecule has 0 saturated heterocycles. The third-order valence-corrected chi connectivity index (χ3v) is 3.49. The number of nitriles is 1. The molecule has 21 heavy (non-hydrogen) atoms. The number of aromatic nitrogens is 2. The van der Waals surface area contributed by atoms with Gasteiger partial charge in [-0.15, -0.1) is 5.10 Å². The number of hydrogen-bond acceptors (Lipinski definition) is 4. The molecule has 4 nitrogen and oxygen atoms in total.